The van der Waals surface area contributed by atoms with Crippen LogP contribution in [0.4, 0.5) is 0 Å². The summed E-state index contributed by atoms with van der Waals surface area (Å²) >= 11 is 0. The zero-order valence-electron chi connectivity index (χ0n) is 10.5. The third-order valence-electron chi connectivity index (χ3n) is 3.17. The third kappa shape index (κ3) is 1.99. The molecule has 3 rings (SSSR count). The number of hydrogen-bond donors (Lipinski definition) is 1. The number of benzene rings is 1. The van der Waals surface area contributed by atoms with Crippen LogP contribution < -0.4 is 10.1 Å². The lowest BCUT2D eigenvalue weighted by molar-refractivity contribution is 0.340. The minimum atomic E-state index is 0.692. The molecule has 0 atom stereocenters. The lowest BCUT2D eigenvalue weighted by atomic mass is 10.1. The Labute approximate surface area is 107 Å². The van der Waals surface area contributed by atoms with E-state index in [0.717, 1.165) is 31.2 Å². The van der Waals surface area contributed by atoms with Crippen molar-refractivity contribution in [3.63, 3.8) is 0 Å². The Hall–Kier alpha value is -1.81. The van der Waals surface area contributed by atoms with Crippen molar-refractivity contribution in [3.8, 4) is 17.0 Å². The third-order valence-corrected chi connectivity index (χ3v) is 3.17. The first-order chi connectivity index (χ1) is 8.88. The van der Waals surface area contributed by atoms with Crippen LogP contribution in [0.25, 0.3) is 11.3 Å². The van der Waals surface area contributed by atoms with E-state index in [4.69, 9.17) is 4.74 Å². The van der Waals surface area contributed by atoms with Crippen LogP contribution >= 0.6 is 0 Å². The van der Waals surface area contributed by atoms with Gasteiger partial charge in [0.15, 0.2) is 0 Å². The van der Waals surface area contributed by atoms with Crippen LogP contribution in [0.1, 0.15) is 12.7 Å². The number of hydrogen-bond acceptors (Lipinski definition) is 3. The van der Waals surface area contributed by atoms with Gasteiger partial charge in [-0.05, 0) is 19.1 Å². The summed E-state index contributed by atoms with van der Waals surface area (Å²) in [5.74, 6) is 2.03. The fraction of sp³-hybridized carbons (Fsp3) is 0.357. The molecule has 0 saturated heterocycles. The second-order valence-corrected chi connectivity index (χ2v) is 4.35. The smallest absolute Gasteiger partial charge is 0.123 e. The molecular formula is C14H17N3O. The van der Waals surface area contributed by atoms with E-state index in [1.165, 1.54) is 11.3 Å². The average Bonchev–Trinajstić information content (AvgIpc) is 2.83. The van der Waals surface area contributed by atoms with Gasteiger partial charge in [0.2, 0.25) is 0 Å². The molecular weight excluding hydrogens is 226 g/mol. The molecule has 4 heteroatoms. The molecule has 94 valence electrons. The van der Waals surface area contributed by atoms with Crippen LogP contribution in [-0.4, -0.2) is 22.7 Å². The predicted octanol–water partition coefficient (Wildman–Crippen LogP) is 2.05. The zero-order valence-corrected chi connectivity index (χ0v) is 10.5. The van der Waals surface area contributed by atoms with Crippen LogP contribution in [-0.2, 0) is 13.1 Å². The number of fused-ring (bicyclic) bond motifs is 1. The molecule has 0 fully saturated rings. The fourth-order valence-electron chi connectivity index (χ4n) is 2.34. The molecule has 0 saturated carbocycles. The van der Waals surface area contributed by atoms with Crippen molar-refractivity contribution in [2.45, 2.75) is 20.0 Å². The van der Waals surface area contributed by atoms with Crippen LogP contribution in [0.2, 0.25) is 0 Å². The van der Waals surface area contributed by atoms with Gasteiger partial charge in [-0.3, -0.25) is 0 Å². The Morgan fingerprint density at radius 3 is 3.28 bits per heavy atom. The fourth-order valence-corrected chi connectivity index (χ4v) is 2.34. The molecule has 18 heavy (non-hydrogen) atoms. The summed E-state index contributed by atoms with van der Waals surface area (Å²) in [6, 6.07) is 8.20. The summed E-state index contributed by atoms with van der Waals surface area (Å²) < 4.78 is 7.83. The highest BCUT2D eigenvalue weighted by Crippen LogP contribution is 2.25. The molecule has 4 nitrogen and oxygen atoms in total. The maximum atomic E-state index is 5.55. The average molecular weight is 243 g/mol. The van der Waals surface area contributed by atoms with E-state index in [1.54, 1.807) is 0 Å². The maximum Gasteiger partial charge on any atom is 0.123 e. The van der Waals surface area contributed by atoms with E-state index in [1.807, 2.05) is 25.3 Å². The van der Waals surface area contributed by atoms with Crippen molar-refractivity contribution in [2.24, 2.45) is 0 Å². The Morgan fingerprint density at radius 2 is 2.39 bits per heavy atom. The van der Waals surface area contributed by atoms with Crippen molar-refractivity contribution >= 4 is 0 Å². The van der Waals surface area contributed by atoms with Gasteiger partial charge in [-0.2, -0.15) is 0 Å². The van der Waals surface area contributed by atoms with E-state index in [0.29, 0.717) is 6.61 Å². The van der Waals surface area contributed by atoms with Crippen LogP contribution in [0.3, 0.4) is 0 Å². The molecule has 1 aliphatic heterocycles. The highest BCUT2D eigenvalue weighted by molar-refractivity contribution is 5.61. The summed E-state index contributed by atoms with van der Waals surface area (Å²) in [7, 11) is 0. The number of aromatic nitrogens is 2. The molecule has 1 aliphatic rings. The molecule has 0 spiro atoms. The molecule has 1 aromatic heterocycles. The Bertz CT molecular complexity index is 548. The molecule has 0 unspecified atom stereocenters. The predicted molar refractivity (Wildman–Crippen MR) is 70.5 cm³/mol. The highest BCUT2D eigenvalue weighted by atomic mass is 16.5. The molecule has 2 heterocycles. The van der Waals surface area contributed by atoms with E-state index in [9.17, 15) is 0 Å². The van der Waals surface area contributed by atoms with Crippen molar-refractivity contribution in [3.05, 3.63) is 36.3 Å². The van der Waals surface area contributed by atoms with Crippen molar-refractivity contribution in [1.29, 1.82) is 0 Å². The number of imidazole rings is 1. The van der Waals surface area contributed by atoms with Crippen molar-refractivity contribution in [2.75, 3.05) is 13.2 Å². The first-order valence-corrected chi connectivity index (χ1v) is 6.37. The number of nitrogens with zero attached hydrogens (tertiary/aromatic N) is 2. The zero-order chi connectivity index (χ0) is 12.4. The van der Waals surface area contributed by atoms with Gasteiger partial charge in [-0.25, -0.2) is 4.98 Å². The largest absolute Gasteiger partial charge is 0.494 e. The molecule has 0 bridgehead atoms. The highest BCUT2D eigenvalue weighted by Gasteiger charge is 2.14. The molecule has 0 radical (unpaired) electrons. The normalized spacial score (nSPS) is 14.3. The van der Waals surface area contributed by atoms with Crippen molar-refractivity contribution < 1.29 is 4.74 Å². The molecule has 0 aliphatic carbocycles. The topological polar surface area (TPSA) is 39.1 Å². The van der Waals surface area contributed by atoms with Crippen LogP contribution in [0.5, 0.6) is 5.75 Å². The van der Waals surface area contributed by atoms with Gasteiger partial charge in [0.1, 0.15) is 11.6 Å². The summed E-state index contributed by atoms with van der Waals surface area (Å²) in [5.41, 5.74) is 2.34. The van der Waals surface area contributed by atoms with Gasteiger partial charge in [-0.1, -0.05) is 12.1 Å². The van der Waals surface area contributed by atoms with Crippen LogP contribution in [0.15, 0.2) is 30.5 Å². The van der Waals surface area contributed by atoms with E-state index in [2.05, 4.69) is 27.0 Å². The molecule has 0 amide bonds. The summed E-state index contributed by atoms with van der Waals surface area (Å²) in [6.45, 7) is 5.52. The summed E-state index contributed by atoms with van der Waals surface area (Å²) in [6.07, 6.45) is 1.95. The molecule has 1 aromatic carbocycles. The SMILES string of the molecule is CCOc1cccc(-c2cnc3n2CCNC3)c1. The van der Waals surface area contributed by atoms with Gasteiger partial charge in [0.25, 0.3) is 0 Å². The standard InChI is InChI=1S/C14H17N3O/c1-2-18-12-5-3-4-11(8-12)13-9-16-14-10-15-6-7-17(13)14/h3-5,8-9,15H,2,6-7,10H2,1H3. The number of rotatable bonds is 3. The van der Waals surface area contributed by atoms with Crippen molar-refractivity contribution in [1.82, 2.24) is 14.9 Å². The van der Waals surface area contributed by atoms with Gasteiger partial charge < -0.3 is 14.6 Å². The van der Waals surface area contributed by atoms with Gasteiger partial charge in [0, 0.05) is 18.7 Å². The van der Waals surface area contributed by atoms with E-state index in [-0.39, 0.29) is 0 Å². The maximum absolute atomic E-state index is 5.55. The Morgan fingerprint density at radius 1 is 1.44 bits per heavy atom. The quantitative estimate of drug-likeness (QED) is 0.896. The van der Waals surface area contributed by atoms with E-state index >= 15 is 0 Å². The second kappa shape index (κ2) is 4.82. The van der Waals surface area contributed by atoms with Gasteiger partial charge in [0.05, 0.1) is 25.0 Å². The minimum Gasteiger partial charge on any atom is -0.494 e. The molecule has 1 N–H and O–H groups in total. The Kier molecular flexibility index (Phi) is 3.02. The lowest BCUT2D eigenvalue weighted by Gasteiger charge is -2.17. The summed E-state index contributed by atoms with van der Waals surface area (Å²) in [5, 5.41) is 3.33. The monoisotopic (exact) mass is 243 g/mol. The second-order valence-electron chi connectivity index (χ2n) is 4.35. The number of ether oxygens (including phenoxy) is 1. The van der Waals surface area contributed by atoms with Crippen LogP contribution in [0, 0.1) is 0 Å². The first-order valence-electron chi connectivity index (χ1n) is 6.37. The summed E-state index contributed by atoms with van der Waals surface area (Å²) in [4.78, 5) is 4.47. The molecule has 2 aromatic rings. The van der Waals surface area contributed by atoms with Gasteiger partial charge in [-0.15, -0.1) is 0 Å². The lowest BCUT2D eigenvalue weighted by Crippen LogP contribution is -2.28. The van der Waals surface area contributed by atoms with Gasteiger partial charge >= 0.3 is 0 Å². The number of nitrogens with one attached hydrogen (secondary N) is 1. The minimum absolute atomic E-state index is 0.692. The Balaban J connectivity index is 1.99. The van der Waals surface area contributed by atoms with E-state index < -0.39 is 0 Å². The first kappa shape index (κ1) is 11.3.